The van der Waals surface area contributed by atoms with Crippen molar-refractivity contribution in [2.45, 2.75) is 45.4 Å². The Morgan fingerprint density at radius 1 is 1.14 bits per heavy atom. The second-order valence-corrected chi connectivity index (χ2v) is 4.79. The standard InChI is InChI=1S/C12H20O2/c1-9(13)14-8-12-10-6-4-2-3-5-7-11(10)12/h10-12H,2-8H2,1H3/t10-,11+,12?. The van der Waals surface area contributed by atoms with Crippen molar-refractivity contribution < 1.29 is 9.53 Å². The predicted molar refractivity (Wildman–Crippen MR) is 54.8 cm³/mol. The first kappa shape index (κ1) is 10.0. The molecule has 14 heavy (non-hydrogen) atoms. The number of carbonyl (C=O) groups excluding carboxylic acids is 1. The molecule has 0 aliphatic heterocycles. The quantitative estimate of drug-likeness (QED) is 0.635. The molecule has 0 spiro atoms. The number of esters is 1. The highest BCUT2D eigenvalue weighted by atomic mass is 16.5. The molecule has 0 N–H and O–H groups in total. The van der Waals surface area contributed by atoms with E-state index in [1.54, 1.807) is 0 Å². The summed E-state index contributed by atoms with van der Waals surface area (Å²) in [6.45, 7) is 2.19. The van der Waals surface area contributed by atoms with Crippen LogP contribution in [0.4, 0.5) is 0 Å². The van der Waals surface area contributed by atoms with Gasteiger partial charge in [-0.15, -0.1) is 0 Å². The van der Waals surface area contributed by atoms with Crippen LogP contribution >= 0.6 is 0 Å². The fourth-order valence-electron chi connectivity index (χ4n) is 2.96. The summed E-state index contributed by atoms with van der Waals surface area (Å²) in [5.74, 6) is 2.35. The highest BCUT2D eigenvalue weighted by molar-refractivity contribution is 5.65. The smallest absolute Gasteiger partial charge is 0.302 e. The minimum Gasteiger partial charge on any atom is -0.466 e. The third kappa shape index (κ3) is 2.28. The van der Waals surface area contributed by atoms with E-state index in [9.17, 15) is 4.79 Å². The van der Waals surface area contributed by atoms with Gasteiger partial charge in [-0.05, 0) is 30.6 Å². The van der Waals surface area contributed by atoms with Gasteiger partial charge in [0.15, 0.2) is 0 Å². The molecule has 2 saturated carbocycles. The summed E-state index contributed by atoms with van der Waals surface area (Å²) in [6.07, 6.45) is 8.33. The van der Waals surface area contributed by atoms with Crippen molar-refractivity contribution in [3.05, 3.63) is 0 Å². The number of carbonyl (C=O) groups is 1. The van der Waals surface area contributed by atoms with E-state index in [4.69, 9.17) is 4.74 Å². The number of hydrogen-bond acceptors (Lipinski definition) is 2. The number of ether oxygens (including phenoxy) is 1. The predicted octanol–water partition coefficient (Wildman–Crippen LogP) is 2.77. The normalized spacial score (nSPS) is 36.5. The van der Waals surface area contributed by atoms with Crippen LogP contribution in [0.15, 0.2) is 0 Å². The van der Waals surface area contributed by atoms with Gasteiger partial charge in [0.05, 0.1) is 6.61 Å². The Balaban J connectivity index is 1.76. The van der Waals surface area contributed by atoms with E-state index in [1.807, 2.05) is 0 Å². The van der Waals surface area contributed by atoms with E-state index in [0.29, 0.717) is 12.5 Å². The molecule has 0 radical (unpaired) electrons. The molecule has 0 bridgehead atoms. The Bertz CT molecular complexity index is 198. The van der Waals surface area contributed by atoms with Gasteiger partial charge in [-0.3, -0.25) is 4.79 Å². The van der Waals surface area contributed by atoms with Gasteiger partial charge in [-0.2, -0.15) is 0 Å². The van der Waals surface area contributed by atoms with Crippen LogP contribution in [-0.2, 0) is 9.53 Å². The lowest BCUT2D eigenvalue weighted by atomic mass is 10.0. The van der Waals surface area contributed by atoms with E-state index in [2.05, 4.69) is 0 Å². The molecule has 3 atom stereocenters. The maximum Gasteiger partial charge on any atom is 0.302 e. The first-order chi connectivity index (χ1) is 6.79. The van der Waals surface area contributed by atoms with Crippen LogP contribution in [0.25, 0.3) is 0 Å². The molecule has 0 heterocycles. The molecule has 0 amide bonds. The van der Waals surface area contributed by atoms with Crippen molar-refractivity contribution in [3.63, 3.8) is 0 Å². The maximum absolute atomic E-state index is 10.7. The molecule has 2 aliphatic carbocycles. The molecule has 0 aromatic heterocycles. The van der Waals surface area contributed by atoms with Crippen LogP contribution in [0.1, 0.15) is 45.4 Å². The molecule has 2 heteroatoms. The summed E-state index contributed by atoms with van der Waals surface area (Å²) in [7, 11) is 0. The molecular weight excluding hydrogens is 176 g/mol. The number of hydrogen-bond donors (Lipinski definition) is 0. The average Bonchev–Trinajstić information content (AvgIpc) is 2.72. The molecule has 0 aromatic carbocycles. The zero-order chi connectivity index (χ0) is 9.97. The molecule has 80 valence electrons. The van der Waals surface area contributed by atoms with E-state index in [0.717, 1.165) is 11.8 Å². The van der Waals surface area contributed by atoms with Crippen molar-refractivity contribution in [2.75, 3.05) is 6.61 Å². The van der Waals surface area contributed by atoms with Crippen molar-refractivity contribution in [3.8, 4) is 0 Å². The van der Waals surface area contributed by atoms with Crippen molar-refractivity contribution in [1.82, 2.24) is 0 Å². The molecule has 0 aromatic rings. The second kappa shape index (κ2) is 4.33. The SMILES string of the molecule is CC(=O)OCC1[C@H]2CCCCCC[C@@H]12. The number of rotatable bonds is 2. The van der Waals surface area contributed by atoms with Gasteiger partial charge < -0.3 is 4.74 Å². The minimum absolute atomic E-state index is 0.121. The average molecular weight is 196 g/mol. The Hall–Kier alpha value is -0.530. The fraction of sp³-hybridized carbons (Fsp3) is 0.917. The van der Waals surface area contributed by atoms with Crippen LogP contribution < -0.4 is 0 Å². The van der Waals surface area contributed by atoms with Crippen LogP contribution in [0.5, 0.6) is 0 Å². The summed E-state index contributed by atoms with van der Waals surface area (Å²) >= 11 is 0. The molecule has 2 aliphatic rings. The maximum atomic E-state index is 10.7. The molecule has 2 rings (SSSR count). The van der Waals surface area contributed by atoms with Gasteiger partial charge in [0.25, 0.3) is 0 Å². The largest absolute Gasteiger partial charge is 0.466 e. The van der Waals surface area contributed by atoms with E-state index >= 15 is 0 Å². The zero-order valence-electron chi connectivity index (χ0n) is 9.00. The third-order valence-electron chi connectivity index (χ3n) is 3.81. The summed E-state index contributed by atoms with van der Waals surface area (Å²) in [5.41, 5.74) is 0. The molecule has 2 fully saturated rings. The van der Waals surface area contributed by atoms with Gasteiger partial charge >= 0.3 is 5.97 Å². The lowest BCUT2D eigenvalue weighted by molar-refractivity contribution is -0.141. The Kier molecular flexibility index (Phi) is 3.09. The highest BCUT2D eigenvalue weighted by Gasteiger charge is 2.49. The zero-order valence-corrected chi connectivity index (χ0v) is 9.00. The second-order valence-electron chi connectivity index (χ2n) is 4.79. The first-order valence-electron chi connectivity index (χ1n) is 5.92. The molecule has 2 nitrogen and oxygen atoms in total. The van der Waals surface area contributed by atoms with Gasteiger partial charge in [-0.25, -0.2) is 0 Å². The Morgan fingerprint density at radius 2 is 1.71 bits per heavy atom. The Labute approximate surface area is 86.0 Å². The van der Waals surface area contributed by atoms with Crippen molar-refractivity contribution in [2.24, 2.45) is 17.8 Å². The van der Waals surface area contributed by atoms with Crippen LogP contribution in [0.3, 0.4) is 0 Å². The topological polar surface area (TPSA) is 26.3 Å². The summed E-state index contributed by atoms with van der Waals surface area (Å²) in [5, 5.41) is 0. The summed E-state index contributed by atoms with van der Waals surface area (Å²) in [6, 6.07) is 0. The van der Waals surface area contributed by atoms with Gasteiger partial charge in [0.1, 0.15) is 0 Å². The van der Waals surface area contributed by atoms with Crippen molar-refractivity contribution in [1.29, 1.82) is 0 Å². The molecule has 0 saturated heterocycles. The van der Waals surface area contributed by atoms with Gasteiger partial charge in [-0.1, -0.05) is 25.7 Å². The van der Waals surface area contributed by atoms with Gasteiger partial charge in [0.2, 0.25) is 0 Å². The van der Waals surface area contributed by atoms with E-state index in [1.165, 1.54) is 45.4 Å². The minimum atomic E-state index is -0.121. The first-order valence-corrected chi connectivity index (χ1v) is 5.92. The Morgan fingerprint density at radius 3 is 2.21 bits per heavy atom. The molecular formula is C12H20O2. The monoisotopic (exact) mass is 196 g/mol. The fourth-order valence-corrected chi connectivity index (χ4v) is 2.96. The lowest BCUT2D eigenvalue weighted by Gasteiger charge is -2.05. The van der Waals surface area contributed by atoms with Crippen molar-refractivity contribution >= 4 is 5.97 Å². The van der Waals surface area contributed by atoms with Crippen LogP contribution in [0.2, 0.25) is 0 Å². The summed E-state index contributed by atoms with van der Waals surface area (Å²) in [4.78, 5) is 10.7. The molecule has 1 unspecified atom stereocenters. The van der Waals surface area contributed by atoms with Crippen LogP contribution in [0, 0.1) is 17.8 Å². The van der Waals surface area contributed by atoms with E-state index < -0.39 is 0 Å². The summed E-state index contributed by atoms with van der Waals surface area (Å²) < 4.78 is 5.10. The third-order valence-corrected chi connectivity index (χ3v) is 3.81. The van der Waals surface area contributed by atoms with Crippen LogP contribution in [-0.4, -0.2) is 12.6 Å². The number of fused-ring (bicyclic) bond motifs is 1. The highest BCUT2D eigenvalue weighted by Crippen LogP contribution is 2.53. The van der Waals surface area contributed by atoms with E-state index in [-0.39, 0.29) is 5.97 Å². The lowest BCUT2D eigenvalue weighted by Crippen LogP contribution is -2.03. The van der Waals surface area contributed by atoms with Gasteiger partial charge in [0, 0.05) is 6.92 Å².